The molecule has 4 nitrogen and oxygen atoms in total. The number of ether oxygens (including phenoxy) is 1. The van der Waals surface area contributed by atoms with E-state index in [0.717, 1.165) is 16.6 Å². The maximum absolute atomic E-state index is 11.9. The first-order chi connectivity index (χ1) is 12.7. The molecule has 1 saturated heterocycles. The van der Waals surface area contributed by atoms with Crippen LogP contribution < -0.4 is 10.1 Å². The first kappa shape index (κ1) is 18.9. The maximum Gasteiger partial charge on any atom is 0.258 e. The Balaban J connectivity index is 1.39. The van der Waals surface area contributed by atoms with Gasteiger partial charge in [-0.05, 0) is 61.3 Å². The van der Waals surface area contributed by atoms with Crippen molar-refractivity contribution in [3.8, 4) is 5.75 Å². The zero-order chi connectivity index (χ0) is 18.2. The number of halogens is 1. The van der Waals surface area contributed by atoms with E-state index >= 15 is 0 Å². The maximum atomic E-state index is 11.9. The van der Waals surface area contributed by atoms with Gasteiger partial charge < -0.3 is 10.1 Å². The van der Waals surface area contributed by atoms with Gasteiger partial charge in [0.2, 0.25) is 0 Å². The lowest BCUT2D eigenvalue weighted by Crippen LogP contribution is -2.29. The van der Waals surface area contributed by atoms with Gasteiger partial charge in [0, 0.05) is 17.6 Å². The molecule has 2 aromatic rings. The smallest absolute Gasteiger partial charge is 0.258 e. The Kier molecular flexibility index (Phi) is 7.09. The molecule has 0 radical (unpaired) electrons. The van der Waals surface area contributed by atoms with Gasteiger partial charge in [-0.15, -0.1) is 0 Å². The lowest BCUT2D eigenvalue weighted by molar-refractivity contribution is -0.123. The van der Waals surface area contributed by atoms with Crippen LogP contribution in [-0.4, -0.2) is 30.5 Å². The second-order valence-corrected chi connectivity index (χ2v) is 7.59. The van der Waals surface area contributed by atoms with E-state index in [0.29, 0.717) is 12.3 Å². The molecule has 1 N–H and O–H groups in total. The summed E-state index contributed by atoms with van der Waals surface area (Å²) in [5.41, 5.74) is 2.44. The predicted molar refractivity (Wildman–Crippen MR) is 107 cm³/mol. The van der Waals surface area contributed by atoms with Crippen molar-refractivity contribution in [3.05, 3.63) is 64.1 Å². The first-order valence-electron chi connectivity index (χ1n) is 9.14. The molecule has 2 aromatic carbocycles. The Morgan fingerprint density at radius 1 is 0.962 bits per heavy atom. The number of hydrogen-bond acceptors (Lipinski definition) is 3. The summed E-state index contributed by atoms with van der Waals surface area (Å²) >= 11 is 3.37. The quantitative estimate of drug-likeness (QED) is 0.737. The highest BCUT2D eigenvalue weighted by Gasteiger charge is 2.10. The second kappa shape index (κ2) is 9.74. The molecule has 1 aliphatic heterocycles. The normalized spacial score (nSPS) is 14.8. The van der Waals surface area contributed by atoms with Crippen LogP contribution in [0.15, 0.2) is 53.0 Å². The molecular formula is C21H25BrN2O2. The summed E-state index contributed by atoms with van der Waals surface area (Å²) in [5.74, 6) is 0.565. The van der Waals surface area contributed by atoms with Gasteiger partial charge in [-0.1, -0.05) is 46.6 Å². The number of piperidine rings is 1. The number of rotatable bonds is 7. The molecule has 5 heteroatoms. The van der Waals surface area contributed by atoms with Crippen LogP contribution in [-0.2, 0) is 17.9 Å². The number of nitrogens with zero attached hydrogens (tertiary/aromatic N) is 1. The molecule has 1 aliphatic rings. The molecule has 0 unspecified atom stereocenters. The van der Waals surface area contributed by atoms with Crippen molar-refractivity contribution >= 4 is 21.8 Å². The molecule has 1 amide bonds. The largest absolute Gasteiger partial charge is 0.484 e. The summed E-state index contributed by atoms with van der Waals surface area (Å²) in [6.07, 6.45) is 3.99. The Morgan fingerprint density at radius 3 is 2.31 bits per heavy atom. The van der Waals surface area contributed by atoms with Crippen LogP contribution in [0.1, 0.15) is 30.4 Å². The van der Waals surface area contributed by atoms with Gasteiger partial charge in [-0.3, -0.25) is 9.69 Å². The molecule has 138 valence electrons. The first-order valence-corrected chi connectivity index (χ1v) is 9.93. The average Bonchev–Trinajstić information content (AvgIpc) is 2.68. The van der Waals surface area contributed by atoms with E-state index < -0.39 is 0 Å². The monoisotopic (exact) mass is 416 g/mol. The van der Waals surface area contributed by atoms with Crippen molar-refractivity contribution in [2.24, 2.45) is 0 Å². The van der Waals surface area contributed by atoms with E-state index in [1.807, 2.05) is 24.3 Å². The van der Waals surface area contributed by atoms with Crippen molar-refractivity contribution in [2.75, 3.05) is 19.7 Å². The summed E-state index contributed by atoms with van der Waals surface area (Å²) in [6, 6.07) is 15.9. The van der Waals surface area contributed by atoms with Crippen LogP contribution in [0, 0.1) is 0 Å². The molecule has 1 heterocycles. The summed E-state index contributed by atoms with van der Waals surface area (Å²) in [5, 5.41) is 2.90. The van der Waals surface area contributed by atoms with E-state index in [2.05, 4.69) is 50.4 Å². The van der Waals surface area contributed by atoms with E-state index in [-0.39, 0.29) is 12.5 Å². The van der Waals surface area contributed by atoms with Gasteiger partial charge in [-0.2, -0.15) is 0 Å². The molecule has 26 heavy (non-hydrogen) atoms. The van der Waals surface area contributed by atoms with E-state index in [4.69, 9.17) is 4.74 Å². The second-order valence-electron chi connectivity index (χ2n) is 6.67. The van der Waals surface area contributed by atoms with Crippen LogP contribution in [0.4, 0.5) is 0 Å². The van der Waals surface area contributed by atoms with Crippen LogP contribution in [0.5, 0.6) is 5.75 Å². The number of nitrogens with one attached hydrogen (secondary N) is 1. The molecule has 0 spiro atoms. The summed E-state index contributed by atoms with van der Waals surface area (Å²) in [6.45, 7) is 3.97. The van der Waals surface area contributed by atoms with Gasteiger partial charge in [0.1, 0.15) is 5.75 Å². The van der Waals surface area contributed by atoms with Crippen molar-refractivity contribution in [1.82, 2.24) is 10.2 Å². The minimum absolute atomic E-state index is 0.0225. The Bertz CT molecular complexity index is 695. The van der Waals surface area contributed by atoms with Gasteiger partial charge in [0.25, 0.3) is 5.91 Å². The van der Waals surface area contributed by atoms with Crippen molar-refractivity contribution in [2.45, 2.75) is 32.4 Å². The molecule has 0 saturated carbocycles. The molecule has 0 aliphatic carbocycles. The van der Waals surface area contributed by atoms with Gasteiger partial charge >= 0.3 is 0 Å². The third-order valence-electron chi connectivity index (χ3n) is 4.55. The fourth-order valence-corrected chi connectivity index (χ4v) is 3.33. The zero-order valence-corrected chi connectivity index (χ0v) is 16.5. The summed E-state index contributed by atoms with van der Waals surface area (Å²) in [4.78, 5) is 14.4. The standard InChI is InChI=1S/C21H25BrN2O2/c22-19-8-10-20(11-9-19)26-16-21(25)23-14-17-4-6-18(7-5-17)15-24-12-2-1-3-13-24/h4-11H,1-3,12-16H2,(H,23,25). The van der Waals surface area contributed by atoms with Crippen molar-refractivity contribution in [1.29, 1.82) is 0 Å². The molecule has 0 atom stereocenters. The topological polar surface area (TPSA) is 41.6 Å². The van der Waals surface area contributed by atoms with Crippen LogP contribution in [0.25, 0.3) is 0 Å². The number of hydrogen-bond donors (Lipinski definition) is 1. The van der Waals surface area contributed by atoms with E-state index in [1.165, 1.54) is 37.9 Å². The Labute approximate surface area is 163 Å². The molecule has 0 bridgehead atoms. The third kappa shape index (κ3) is 6.15. The van der Waals surface area contributed by atoms with Crippen molar-refractivity contribution < 1.29 is 9.53 Å². The summed E-state index contributed by atoms with van der Waals surface area (Å²) < 4.78 is 6.46. The van der Waals surface area contributed by atoms with E-state index in [1.54, 1.807) is 0 Å². The van der Waals surface area contributed by atoms with Gasteiger partial charge in [0.05, 0.1) is 0 Å². The number of carbonyl (C=O) groups is 1. The number of likely N-dealkylation sites (tertiary alicyclic amines) is 1. The van der Waals surface area contributed by atoms with Gasteiger partial charge in [0.15, 0.2) is 6.61 Å². The zero-order valence-electron chi connectivity index (χ0n) is 14.9. The van der Waals surface area contributed by atoms with Crippen molar-refractivity contribution in [3.63, 3.8) is 0 Å². The number of amides is 1. The minimum Gasteiger partial charge on any atom is -0.484 e. The lowest BCUT2D eigenvalue weighted by atomic mass is 10.1. The lowest BCUT2D eigenvalue weighted by Gasteiger charge is -2.26. The third-order valence-corrected chi connectivity index (χ3v) is 5.08. The average molecular weight is 417 g/mol. The SMILES string of the molecule is O=C(COc1ccc(Br)cc1)NCc1ccc(CN2CCCCC2)cc1. The molecule has 1 fully saturated rings. The Morgan fingerprint density at radius 2 is 1.62 bits per heavy atom. The fraction of sp³-hybridized carbons (Fsp3) is 0.381. The number of carbonyl (C=O) groups excluding carboxylic acids is 1. The molecular weight excluding hydrogens is 392 g/mol. The fourth-order valence-electron chi connectivity index (χ4n) is 3.07. The van der Waals surface area contributed by atoms with Gasteiger partial charge in [-0.25, -0.2) is 0 Å². The van der Waals surface area contributed by atoms with Crippen LogP contribution >= 0.6 is 15.9 Å². The molecule has 3 rings (SSSR count). The highest BCUT2D eigenvalue weighted by molar-refractivity contribution is 9.10. The number of benzene rings is 2. The summed E-state index contributed by atoms with van der Waals surface area (Å²) in [7, 11) is 0. The Hall–Kier alpha value is -1.85. The molecule has 0 aromatic heterocycles. The minimum atomic E-state index is -0.120. The predicted octanol–water partition coefficient (Wildman–Crippen LogP) is 4.13. The highest BCUT2D eigenvalue weighted by Crippen LogP contribution is 2.16. The highest BCUT2D eigenvalue weighted by atomic mass is 79.9. The van der Waals surface area contributed by atoms with Crippen LogP contribution in [0.2, 0.25) is 0 Å². The van der Waals surface area contributed by atoms with E-state index in [9.17, 15) is 4.79 Å². The van der Waals surface area contributed by atoms with Crippen LogP contribution in [0.3, 0.4) is 0 Å².